The minimum absolute atomic E-state index is 0.217. The summed E-state index contributed by atoms with van der Waals surface area (Å²) >= 11 is 0. The summed E-state index contributed by atoms with van der Waals surface area (Å²) in [5.74, 6) is -0.942. The number of hydrogen-bond acceptors (Lipinski definition) is 3. The van der Waals surface area contributed by atoms with Gasteiger partial charge in [-0.05, 0) is 72.4 Å². The maximum absolute atomic E-state index is 13.9. The number of allylic oxidation sites excluding steroid dienone is 5. The number of fused-ring (bicyclic) bond motifs is 1. The van der Waals surface area contributed by atoms with E-state index in [1.807, 2.05) is 27.7 Å². The molecule has 170 valence electrons. The van der Waals surface area contributed by atoms with Gasteiger partial charge in [-0.1, -0.05) is 39.8 Å². The molecule has 0 aromatic heterocycles. The van der Waals surface area contributed by atoms with Gasteiger partial charge < -0.3 is 9.84 Å². The fraction of sp³-hybridized carbons (Fsp3) is 0.480. The highest BCUT2D eigenvalue weighted by Gasteiger charge is 2.41. The Hall–Kier alpha value is -2.50. The molecule has 0 atom stereocenters. The molecule has 0 spiro atoms. The third kappa shape index (κ3) is 5.81. The zero-order chi connectivity index (χ0) is 23.6. The van der Waals surface area contributed by atoms with Crippen LogP contribution in [0.3, 0.4) is 0 Å². The second-order valence-corrected chi connectivity index (χ2v) is 9.26. The van der Waals surface area contributed by atoms with Crippen molar-refractivity contribution in [1.29, 1.82) is 0 Å². The van der Waals surface area contributed by atoms with Crippen LogP contribution in [0.5, 0.6) is 5.75 Å². The Bertz CT molecular complexity index is 932. The molecule has 0 amide bonds. The molecule has 0 unspecified atom stereocenters. The van der Waals surface area contributed by atoms with Crippen molar-refractivity contribution in [3.05, 3.63) is 58.7 Å². The molecule has 6 heteroatoms. The Balaban J connectivity index is 2.55. The lowest BCUT2D eigenvalue weighted by molar-refractivity contribution is -0.137. The van der Waals surface area contributed by atoms with E-state index >= 15 is 0 Å². The number of phenolic OH excluding ortho intramolecular Hbond substituents is 1. The van der Waals surface area contributed by atoms with E-state index in [4.69, 9.17) is 4.74 Å². The molecule has 1 aromatic rings. The minimum Gasteiger partial charge on any atom is -0.507 e. The number of hydrogen-bond donors (Lipinski definition) is 1. The summed E-state index contributed by atoms with van der Waals surface area (Å²) in [6.45, 7) is 11.6. The molecule has 0 saturated heterocycles. The van der Waals surface area contributed by atoms with Crippen LogP contribution in [0, 0.1) is 0 Å². The molecule has 1 N–H and O–H groups in total. The zero-order valence-corrected chi connectivity index (χ0v) is 19.0. The molecule has 0 radical (unpaired) electrons. The van der Waals surface area contributed by atoms with Gasteiger partial charge in [0.2, 0.25) is 0 Å². The van der Waals surface area contributed by atoms with Crippen molar-refractivity contribution in [2.24, 2.45) is 0 Å². The number of esters is 1. The SMILES string of the molecule is CCOC(=O)/C=C(C)/C=C/C=C(\c1cc2c(cc1O)C(C)(C)CCC2(C)C)C(F)(F)F. The second kappa shape index (κ2) is 8.93. The normalized spacial score (nSPS) is 18.7. The van der Waals surface area contributed by atoms with Gasteiger partial charge in [0.25, 0.3) is 0 Å². The minimum atomic E-state index is -4.66. The van der Waals surface area contributed by atoms with Gasteiger partial charge in [-0.15, -0.1) is 0 Å². The van der Waals surface area contributed by atoms with Crippen LogP contribution in [-0.4, -0.2) is 23.9 Å². The Labute approximate surface area is 182 Å². The molecule has 1 aliphatic carbocycles. The molecule has 3 nitrogen and oxygen atoms in total. The predicted molar refractivity (Wildman–Crippen MR) is 117 cm³/mol. The molecule has 0 aliphatic heterocycles. The van der Waals surface area contributed by atoms with Crippen molar-refractivity contribution in [2.45, 2.75) is 71.4 Å². The molecule has 0 fully saturated rings. The largest absolute Gasteiger partial charge is 0.507 e. The number of carbonyl (C=O) groups excluding carboxylic acids is 1. The van der Waals surface area contributed by atoms with Crippen molar-refractivity contribution in [1.82, 2.24) is 0 Å². The summed E-state index contributed by atoms with van der Waals surface area (Å²) in [6, 6.07) is 2.97. The fourth-order valence-corrected chi connectivity index (χ4v) is 3.87. The maximum Gasteiger partial charge on any atom is 0.417 e. The van der Waals surface area contributed by atoms with Crippen LogP contribution in [-0.2, 0) is 20.4 Å². The second-order valence-electron chi connectivity index (χ2n) is 9.26. The number of ether oxygens (including phenoxy) is 1. The highest BCUT2D eigenvalue weighted by Crippen LogP contribution is 2.49. The number of rotatable bonds is 5. The smallest absolute Gasteiger partial charge is 0.417 e. The van der Waals surface area contributed by atoms with Crippen LogP contribution >= 0.6 is 0 Å². The van der Waals surface area contributed by atoms with Gasteiger partial charge in [0.05, 0.1) is 12.2 Å². The summed E-state index contributed by atoms with van der Waals surface area (Å²) in [5, 5.41) is 10.6. The van der Waals surface area contributed by atoms with Crippen LogP contribution in [0.25, 0.3) is 5.57 Å². The van der Waals surface area contributed by atoms with E-state index in [-0.39, 0.29) is 28.7 Å². The molecule has 2 rings (SSSR count). The van der Waals surface area contributed by atoms with Gasteiger partial charge in [-0.25, -0.2) is 4.79 Å². The number of carbonyl (C=O) groups is 1. The molecule has 0 saturated carbocycles. The lowest BCUT2D eigenvalue weighted by atomic mass is 9.62. The standard InChI is InChI=1S/C25H31F3O3/c1-7-31-22(30)13-16(2)9-8-10-18(25(26,27)28)17-14-19-20(15-21(17)29)24(5,6)12-11-23(19,3)4/h8-10,13-15,29H,7,11-12H2,1-6H3/b9-8+,16-13+,18-10+. The maximum atomic E-state index is 13.9. The van der Waals surface area contributed by atoms with Crippen molar-refractivity contribution in [3.63, 3.8) is 0 Å². The zero-order valence-electron chi connectivity index (χ0n) is 19.0. The molecular weight excluding hydrogens is 405 g/mol. The Morgan fingerprint density at radius 2 is 1.68 bits per heavy atom. The highest BCUT2D eigenvalue weighted by molar-refractivity contribution is 5.83. The van der Waals surface area contributed by atoms with Crippen LogP contribution in [0.15, 0.2) is 42.0 Å². The quantitative estimate of drug-likeness (QED) is 0.315. The lowest BCUT2D eigenvalue weighted by Gasteiger charge is -2.42. The first-order chi connectivity index (χ1) is 14.2. The van der Waals surface area contributed by atoms with Gasteiger partial charge in [0.15, 0.2) is 0 Å². The molecule has 0 heterocycles. The van der Waals surface area contributed by atoms with Crippen LogP contribution in [0.1, 0.15) is 71.1 Å². The third-order valence-corrected chi connectivity index (χ3v) is 5.82. The summed E-state index contributed by atoms with van der Waals surface area (Å²) in [4.78, 5) is 11.5. The Morgan fingerprint density at radius 1 is 1.13 bits per heavy atom. The molecule has 31 heavy (non-hydrogen) atoms. The average molecular weight is 437 g/mol. The summed E-state index contributed by atoms with van der Waals surface area (Å²) in [6.07, 6.45) is 1.83. The number of phenols is 1. The highest BCUT2D eigenvalue weighted by atomic mass is 19.4. The predicted octanol–water partition coefficient (Wildman–Crippen LogP) is 6.75. The van der Waals surface area contributed by atoms with E-state index < -0.39 is 17.7 Å². The van der Waals surface area contributed by atoms with Crippen LogP contribution in [0.4, 0.5) is 13.2 Å². The van der Waals surface area contributed by atoms with Crippen molar-refractivity contribution in [2.75, 3.05) is 6.61 Å². The number of benzene rings is 1. The third-order valence-electron chi connectivity index (χ3n) is 5.82. The number of alkyl halides is 3. The Kier molecular flexibility index (Phi) is 7.14. The van der Waals surface area contributed by atoms with Crippen LogP contribution < -0.4 is 0 Å². The Morgan fingerprint density at radius 3 is 2.19 bits per heavy atom. The summed E-state index contributed by atoms with van der Waals surface area (Å²) in [7, 11) is 0. The van der Waals surface area contributed by atoms with E-state index in [2.05, 4.69) is 0 Å². The fourth-order valence-electron chi connectivity index (χ4n) is 3.87. The van der Waals surface area contributed by atoms with Gasteiger partial charge in [-0.3, -0.25) is 0 Å². The van der Waals surface area contributed by atoms with Crippen molar-refractivity contribution in [3.8, 4) is 5.75 Å². The average Bonchev–Trinajstić information content (AvgIpc) is 2.62. The van der Waals surface area contributed by atoms with Crippen LogP contribution in [0.2, 0.25) is 0 Å². The monoisotopic (exact) mass is 436 g/mol. The lowest BCUT2D eigenvalue weighted by Crippen LogP contribution is -2.34. The molecule has 0 bridgehead atoms. The molecular formula is C25H31F3O3. The van der Waals surface area contributed by atoms with Crippen molar-refractivity contribution >= 4 is 11.5 Å². The van der Waals surface area contributed by atoms with Crippen molar-refractivity contribution < 1.29 is 27.8 Å². The van der Waals surface area contributed by atoms with Gasteiger partial charge >= 0.3 is 12.1 Å². The first-order valence-corrected chi connectivity index (χ1v) is 10.4. The number of halogens is 3. The summed E-state index contributed by atoms with van der Waals surface area (Å²) in [5.41, 5.74) is 0.468. The van der Waals surface area contributed by atoms with Gasteiger partial charge in [0, 0.05) is 11.6 Å². The first-order valence-electron chi connectivity index (χ1n) is 10.4. The van der Waals surface area contributed by atoms with E-state index in [0.717, 1.165) is 30.0 Å². The van der Waals surface area contributed by atoms with E-state index in [1.165, 1.54) is 30.4 Å². The van der Waals surface area contributed by atoms with Gasteiger partial charge in [-0.2, -0.15) is 13.2 Å². The topological polar surface area (TPSA) is 46.5 Å². The van der Waals surface area contributed by atoms with E-state index in [1.54, 1.807) is 13.8 Å². The first kappa shape index (κ1) is 24.8. The summed E-state index contributed by atoms with van der Waals surface area (Å²) < 4.78 is 46.5. The van der Waals surface area contributed by atoms with E-state index in [9.17, 15) is 23.1 Å². The van der Waals surface area contributed by atoms with E-state index in [0.29, 0.717) is 5.57 Å². The molecule has 1 aliphatic rings. The molecule has 1 aromatic carbocycles. The number of aromatic hydroxyl groups is 1. The van der Waals surface area contributed by atoms with Gasteiger partial charge in [0.1, 0.15) is 5.75 Å².